The Balaban J connectivity index is 1.54. The van der Waals surface area contributed by atoms with E-state index in [2.05, 4.69) is 10.1 Å². The number of H-pyrrole nitrogens is 1. The van der Waals surface area contributed by atoms with Crippen LogP contribution in [0, 0.1) is 5.92 Å². The molecule has 6 aromatic rings. The summed E-state index contributed by atoms with van der Waals surface area (Å²) in [6, 6.07) is 22.2. The van der Waals surface area contributed by atoms with Gasteiger partial charge in [0.1, 0.15) is 0 Å². The van der Waals surface area contributed by atoms with Gasteiger partial charge in [-0.25, -0.2) is 9.36 Å². The number of benzene rings is 4. The van der Waals surface area contributed by atoms with Gasteiger partial charge in [-0.1, -0.05) is 80.0 Å². The molecule has 2 aromatic heterocycles. The maximum Gasteiger partial charge on any atom is 0.435 e. The fourth-order valence-electron chi connectivity index (χ4n) is 5.33. The van der Waals surface area contributed by atoms with Gasteiger partial charge in [-0.05, 0) is 46.7 Å². The Labute approximate surface area is 242 Å². The standard InChI is InChI=1S/C32H24ClF3N4O2/c1-18(2)16-39-17-24(29(38-39)32(34,35)36)22-10-6-11-25(33)28(22)20-13-14-23-26(15-20)37-31(42)40(30(23)41)27-12-5-8-19-7-3-4-9-21(19)27/h3-15,17-18H,16H2,1-2H3,(H,37,42). The molecule has 0 atom stereocenters. The molecule has 0 fully saturated rings. The summed E-state index contributed by atoms with van der Waals surface area (Å²) in [6.07, 6.45) is -3.32. The number of aromatic amines is 1. The summed E-state index contributed by atoms with van der Waals surface area (Å²) in [5.41, 5.74) is -0.621. The van der Waals surface area contributed by atoms with Crippen molar-refractivity contribution in [3.8, 4) is 27.9 Å². The van der Waals surface area contributed by atoms with Crippen LogP contribution in [-0.4, -0.2) is 19.3 Å². The molecule has 1 N–H and O–H groups in total. The van der Waals surface area contributed by atoms with Crippen molar-refractivity contribution in [3.05, 3.63) is 117 Å². The zero-order chi connectivity index (χ0) is 29.8. The lowest BCUT2D eigenvalue weighted by Gasteiger charge is -2.14. The summed E-state index contributed by atoms with van der Waals surface area (Å²) in [6.45, 7) is 4.09. The highest BCUT2D eigenvalue weighted by molar-refractivity contribution is 6.34. The normalized spacial score (nSPS) is 12.1. The summed E-state index contributed by atoms with van der Waals surface area (Å²) in [4.78, 5) is 29.7. The van der Waals surface area contributed by atoms with Crippen LogP contribution in [0.3, 0.4) is 0 Å². The number of nitrogens with one attached hydrogen (secondary N) is 1. The predicted octanol–water partition coefficient (Wildman–Crippen LogP) is 7.69. The minimum Gasteiger partial charge on any atom is -0.306 e. The Morgan fingerprint density at radius 2 is 1.64 bits per heavy atom. The third-order valence-corrected chi connectivity index (χ3v) is 7.40. The van der Waals surface area contributed by atoms with Crippen LogP contribution in [0.1, 0.15) is 19.5 Å². The van der Waals surface area contributed by atoms with Gasteiger partial charge >= 0.3 is 11.9 Å². The lowest BCUT2D eigenvalue weighted by atomic mass is 9.94. The van der Waals surface area contributed by atoms with Crippen molar-refractivity contribution in [1.82, 2.24) is 19.3 Å². The number of hydrogen-bond acceptors (Lipinski definition) is 3. The molecule has 0 unspecified atom stereocenters. The zero-order valence-electron chi connectivity index (χ0n) is 22.5. The first-order valence-electron chi connectivity index (χ1n) is 13.2. The van der Waals surface area contributed by atoms with E-state index in [4.69, 9.17) is 11.6 Å². The van der Waals surface area contributed by atoms with E-state index in [1.54, 1.807) is 48.5 Å². The molecule has 0 aliphatic carbocycles. The fourth-order valence-corrected chi connectivity index (χ4v) is 5.62. The van der Waals surface area contributed by atoms with Crippen LogP contribution in [0.2, 0.25) is 5.02 Å². The molecule has 0 spiro atoms. The van der Waals surface area contributed by atoms with Gasteiger partial charge in [0, 0.05) is 34.3 Å². The third kappa shape index (κ3) is 4.79. The second kappa shape index (κ2) is 10.3. The second-order valence-electron chi connectivity index (χ2n) is 10.5. The van der Waals surface area contributed by atoms with E-state index in [0.717, 1.165) is 15.3 Å². The van der Waals surface area contributed by atoms with Crippen molar-refractivity contribution in [2.75, 3.05) is 0 Å². The van der Waals surface area contributed by atoms with Crippen LogP contribution < -0.4 is 11.2 Å². The van der Waals surface area contributed by atoms with Crippen molar-refractivity contribution >= 4 is 33.3 Å². The van der Waals surface area contributed by atoms with E-state index in [1.807, 2.05) is 44.2 Å². The molecule has 6 nitrogen and oxygen atoms in total. The van der Waals surface area contributed by atoms with Gasteiger partial charge in [0.05, 0.1) is 16.6 Å². The van der Waals surface area contributed by atoms with Crippen LogP contribution in [0.5, 0.6) is 0 Å². The molecule has 4 aromatic carbocycles. The van der Waals surface area contributed by atoms with Gasteiger partial charge in [-0.15, -0.1) is 0 Å². The Bertz CT molecular complexity index is 2100. The van der Waals surface area contributed by atoms with E-state index < -0.39 is 23.1 Å². The van der Waals surface area contributed by atoms with Crippen LogP contribution in [0.25, 0.3) is 49.6 Å². The highest BCUT2D eigenvalue weighted by Gasteiger charge is 2.38. The summed E-state index contributed by atoms with van der Waals surface area (Å²) in [7, 11) is 0. The summed E-state index contributed by atoms with van der Waals surface area (Å²) in [5.74, 6) is 0.0768. The minimum atomic E-state index is -4.70. The molecule has 2 heterocycles. The van der Waals surface area contributed by atoms with E-state index in [1.165, 1.54) is 10.9 Å². The van der Waals surface area contributed by atoms with Gasteiger partial charge in [0.2, 0.25) is 0 Å². The Morgan fingerprint density at radius 1 is 0.905 bits per heavy atom. The van der Waals surface area contributed by atoms with E-state index in [0.29, 0.717) is 23.4 Å². The largest absolute Gasteiger partial charge is 0.435 e. The molecule has 212 valence electrons. The van der Waals surface area contributed by atoms with E-state index in [-0.39, 0.29) is 33.0 Å². The molecule has 0 amide bonds. The summed E-state index contributed by atoms with van der Waals surface area (Å²) < 4.78 is 44.7. The first-order valence-corrected chi connectivity index (χ1v) is 13.6. The molecular formula is C32H24ClF3N4O2. The third-order valence-electron chi connectivity index (χ3n) is 7.08. The lowest BCUT2D eigenvalue weighted by Crippen LogP contribution is -2.33. The average Bonchev–Trinajstić information content (AvgIpc) is 3.36. The molecule has 0 saturated heterocycles. The van der Waals surface area contributed by atoms with Gasteiger partial charge in [0.15, 0.2) is 5.69 Å². The van der Waals surface area contributed by atoms with E-state index >= 15 is 0 Å². The first-order chi connectivity index (χ1) is 20.0. The quantitative estimate of drug-likeness (QED) is 0.224. The first kappa shape index (κ1) is 27.5. The van der Waals surface area contributed by atoms with E-state index in [9.17, 15) is 22.8 Å². The van der Waals surface area contributed by atoms with Crippen molar-refractivity contribution in [2.45, 2.75) is 26.6 Å². The number of fused-ring (bicyclic) bond motifs is 2. The molecular weight excluding hydrogens is 565 g/mol. The Kier molecular flexibility index (Phi) is 6.77. The van der Waals surface area contributed by atoms with Gasteiger partial charge in [-0.2, -0.15) is 18.3 Å². The van der Waals surface area contributed by atoms with Gasteiger partial charge in [0.25, 0.3) is 5.56 Å². The molecule has 0 saturated carbocycles. The van der Waals surface area contributed by atoms with Crippen molar-refractivity contribution in [2.24, 2.45) is 5.92 Å². The smallest absolute Gasteiger partial charge is 0.306 e. The SMILES string of the molecule is CC(C)Cn1cc(-c2cccc(Cl)c2-c2ccc3c(=O)n(-c4cccc5ccccc45)c(=O)[nH]c3c2)c(C(F)(F)F)n1. The van der Waals surface area contributed by atoms with Crippen molar-refractivity contribution < 1.29 is 13.2 Å². The summed E-state index contributed by atoms with van der Waals surface area (Å²) in [5, 5.41) is 5.91. The fraction of sp³-hybridized carbons (Fsp3) is 0.156. The van der Waals surface area contributed by atoms with Gasteiger partial charge < -0.3 is 4.98 Å². The highest BCUT2D eigenvalue weighted by atomic mass is 35.5. The highest BCUT2D eigenvalue weighted by Crippen LogP contribution is 2.43. The van der Waals surface area contributed by atoms with Gasteiger partial charge in [-0.3, -0.25) is 9.48 Å². The number of alkyl halides is 3. The number of nitrogens with zero attached hydrogens (tertiary/aromatic N) is 3. The molecule has 10 heteroatoms. The predicted molar refractivity (Wildman–Crippen MR) is 159 cm³/mol. The zero-order valence-corrected chi connectivity index (χ0v) is 23.3. The topological polar surface area (TPSA) is 72.7 Å². The number of hydrogen-bond donors (Lipinski definition) is 1. The molecule has 6 rings (SSSR count). The van der Waals surface area contributed by atoms with Crippen LogP contribution in [0.15, 0.2) is 94.6 Å². The van der Waals surface area contributed by atoms with Crippen LogP contribution >= 0.6 is 11.6 Å². The maximum atomic E-state index is 14.1. The average molecular weight is 589 g/mol. The lowest BCUT2D eigenvalue weighted by molar-refractivity contribution is -0.141. The number of aromatic nitrogens is 4. The molecule has 0 aliphatic rings. The van der Waals surface area contributed by atoms with Crippen LogP contribution in [-0.2, 0) is 12.7 Å². The van der Waals surface area contributed by atoms with Crippen molar-refractivity contribution in [1.29, 1.82) is 0 Å². The Hall–Kier alpha value is -4.63. The second-order valence-corrected chi connectivity index (χ2v) is 10.9. The summed E-state index contributed by atoms with van der Waals surface area (Å²) >= 11 is 6.60. The molecule has 0 aliphatic heterocycles. The van der Waals surface area contributed by atoms with Crippen LogP contribution in [0.4, 0.5) is 13.2 Å². The molecule has 0 radical (unpaired) electrons. The Morgan fingerprint density at radius 3 is 2.40 bits per heavy atom. The monoisotopic (exact) mass is 588 g/mol. The number of rotatable bonds is 5. The molecule has 42 heavy (non-hydrogen) atoms. The van der Waals surface area contributed by atoms with Crippen molar-refractivity contribution in [3.63, 3.8) is 0 Å². The maximum absolute atomic E-state index is 14.1. The number of halogens is 4. The minimum absolute atomic E-state index is 0.0768. The molecule has 0 bridgehead atoms.